The standard InChI is InChI=1S/C19H38N2/c1-14(2)18-9-8-16(5)13-19(18)20-17-7-6-11-21(12-10-17)15(3)4/h14-20H,6-13H2,1-5H3. The van der Waals surface area contributed by atoms with E-state index in [0.29, 0.717) is 6.04 Å². The molecule has 2 heteroatoms. The third kappa shape index (κ3) is 4.96. The monoisotopic (exact) mass is 294 g/mol. The van der Waals surface area contributed by atoms with Crippen molar-refractivity contribution in [3.63, 3.8) is 0 Å². The molecule has 0 spiro atoms. The van der Waals surface area contributed by atoms with Gasteiger partial charge >= 0.3 is 0 Å². The van der Waals surface area contributed by atoms with E-state index in [9.17, 15) is 0 Å². The topological polar surface area (TPSA) is 15.3 Å². The first-order chi connectivity index (χ1) is 9.97. The van der Waals surface area contributed by atoms with E-state index in [1.807, 2.05) is 0 Å². The van der Waals surface area contributed by atoms with Gasteiger partial charge in [0, 0.05) is 18.1 Å². The van der Waals surface area contributed by atoms with Gasteiger partial charge in [0.25, 0.3) is 0 Å². The Bertz CT molecular complexity index is 300. The second-order valence-corrected chi connectivity index (χ2v) is 8.36. The van der Waals surface area contributed by atoms with Crippen molar-refractivity contribution >= 4 is 0 Å². The van der Waals surface area contributed by atoms with Crippen LogP contribution in [0, 0.1) is 17.8 Å². The van der Waals surface area contributed by atoms with Crippen LogP contribution in [0.5, 0.6) is 0 Å². The van der Waals surface area contributed by atoms with Crippen molar-refractivity contribution in [2.24, 2.45) is 17.8 Å². The zero-order chi connectivity index (χ0) is 15.4. The number of nitrogens with zero attached hydrogens (tertiary/aromatic N) is 1. The molecule has 0 amide bonds. The number of likely N-dealkylation sites (tertiary alicyclic amines) is 1. The van der Waals surface area contributed by atoms with Crippen LogP contribution < -0.4 is 5.32 Å². The molecule has 1 N–H and O–H groups in total. The van der Waals surface area contributed by atoms with E-state index in [-0.39, 0.29) is 0 Å². The zero-order valence-electron chi connectivity index (χ0n) is 15.1. The van der Waals surface area contributed by atoms with E-state index < -0.39 is 0 Å². The summed E-state index contributed by atoms with van der Waals surface area (Å²) in [5.74, 6) is 2.63. The third-order valence-electron chi connectivity index (χ3n) is 5.96. The molecule has 4 unspecified atom stereocenters. The molecule has 2 fully saturated rings. The smallest absolute Gasteiger partial charge is 0.0103 e. The lowest BCUT2D eigenvalue weighted by atomic mass is 9.73. The fraction of sp³-hybridized carbons (Fsp3) is 1.00. The predicted molar refractivity (Wildman–Crippen MR) is 92.6 cm³/mol. The van der Waals surface area contributed by atoms with Crippen LogP contribution in [0.15, 0.2) is 0 Å². The van der Waals surface area contributed by atoms with E-state index in [2.05, 4.69) is 44.8 Å². The summed E-state index contributed by atoms with van der Waals surface area (Å²) in [7, 11) is 0. The van der Waals surface area contributed by atoms with Gasteiger partial charge in [0.1, 0.15) is 0 Å². The van der Waals surface area contributed by atoms with Crippen LogP contribution in [0.1, 0.15) is 73.1 Å². The van der Waals surface area contributed by atoms with Crippen LogP contribution >= 0.6 is 0 Å². The molecule has 1 saturated heterocycles. The molecular formula is C19H38N2. The van der Waals surface area contributed by atoms with Gasteiger partial charge in [-0.2, -0.15) is 0 Å². The van der Waals surface area contributed by atoms with Gasteiger partial charge in [-0.3, -0.25) is 0 Å². The largest absolute Gasteiger partial charge is 0.311 e. The zero-order valence-corrected chi connectivity index (χ0v) is 15.1. The molecule has 0 aromatic rings. The average Bonchev–Trinajstić information content (AvgIpc) is 2.64. The van der Waals surface area contributed by atoms with Crippen molar-refractivity contribution in [3.05, 3.63) is 0 Å². The van der Waals surface area contributed by atoms with E-state index in [0.717, 1.165) is 29.8 Å². The molecule has 2 aliphatic rings. The van der Waals surface area contributed by atoms with E-state index in [1.54, 1.807) is 0 Å². The second kappa shape index (κ2) is 7.97. The Labute approximate surface area is 133 Å². The first-order valence-corrected chi connectivity index (χ1v) is 9.47. The maximum atomic E-state index is 4.09. The molecule has 0 radical (unpaired) electrons. The fourth-order valence-corrected chi connectivity index (χ4v) is 4.50. The van der Waals surface area contributed by atoms with Crippen LogP contribution in [0.25, 0.3) is 0 Å². The van der Waals surface area contributed by atoms with Gasteiger partial charge in [-0.15, -0.1) is 0 Å². The molecule has 4 atom stereocenters. The molecule has 2 rings (SSSR count). The lowest BCUT2D eigenvalue weighted by Crippen LogP contribution is -2.47. The van der Waals surface area contributed by atoms with E-state index >= 15 is 0 Å². The Morgan fingerprint density at radius 3 is 2.38 bits per heavy atom. The summed E-state index contributed by atoms with van der Waals surface area (Å²) < 4.78 is 0. The van der Waals surface area contributed by atoms with Gasteiger partial charge in [0.15, 0.2) is 0 Å². The summed E-state index contributed by atoms with van der Waals surface area (Å²) in [5, 5.41) is 4.09. The van der Waals surface area contributed by atoms with E-state index in [4.69, 9.17) is 0 Å². The van der Waals surface area contributed by atoms with Crippen molar-refractivity contribution < 1.29 is 0 Å². The maximum Gasteiger partial charge on any atom is 0.0103 e. The van der Waals surface area contributed by atoms with Gasteiger partial charge in [0.05, 0.1) is 0 Å². The Kier molecular flexibility index (Phi) is 6.55. The minimum Gasteiger partial charge on any atom is -0.311 e. The number of nitrogens with one attached hydrogen (secondary N) is 1. The Balaban J connectivity index is 1.89. The third-order valence-corrected chi connectivity index (χ3v) is 5.96. The number of hydrogen-bond donors (Lipinski definition) is 1. The number of rotatable bonds is 4. The molecule has 1 aliphatic heterocycles. The van der Waals surface area contributed by atoms with Crippen LogP contribution in [-0.2, 0) is 0 Å². The van der Waals surface area contributed by atoms with E-state index in [1.165, 1.54) is 51.6 Å². The summed E-state index contributed by atoms with van der Waals surface area (Å²) >= 11 is 0. The summed E-state index contributed by atoms with van der Waals surface area (Å²) in [6.45, 7) is 14.5. The Hall–Kier alpha value is -0.0800. The number of hydrogen-bond acceptors (Lipinski definition) is 2. The predicted octanol–water partition coefficient (Wildman–Crippen LogP) is 4.30. The molecule has 1 heterocycles. The van der Waals surface area contributed by atoms with Gasteiger partial charge < -0.3 is 10.2 Å². The Morgan fingerprint density at radius 2 is 1.71 bits per heavy atom. The van der Waals surface area contributed by atoms with Crippen LogP contribution in [-0.4, -0.2) is 36.1 Å². The van der Waals surface area contributed by atoms with Crippen LogP contribution in [0.2, 0.25) is 0 Å². The quantitative estimate of drug-likeness (QED) is 0.831. The van der Waals surface area contributed by atoms with Gasteiger partial charge in [-0.25, -0.2) is 0 Å². The highest BCUT2D eigenvalue weighted by Crippen LogP contribution is 2.34. The van der Waals surface area contributed by atoms with Gasteiger partial charge in [0.2, 0.25) is 0 Å². The Morgan fingerprint density at radius 1 is 0.952 bits per heavy atom. The highest BCUT2D eigenvalue weighted by atomic mass is 15.2. The SMILES string of the molecule is CC1CCC(C(C)C)C(NC2CCCN(C(C)C)CC2)C1. The summed E-state index contributed by atoms with van der Waals surface area (Å²) in [4.78, 5) is 2.66. The lowest BCUT2D eigenvalue weighted by molar-refractivity contribution is 0.154. The van der Waals surface area contributed by atoms with Crippen LogP contribution in [0.4, 0.5) is 0 Å². The highest BCUT2D eigenvalue weighted by molar-refractivity contribution is 4.88. The molecule has 1 aliphatic carbocycles. The first-order valence-electron chi connectivity index (χ1n) is 9.47. The molecule has 2 nitrogen and oxygen atoms in total. The summed E-state index contributed by atoms with van der Waals surface area (Å²) in [5.41, 5.74) is 0. The lowest BCUT2D eigenvalue weighted by Gasteiger charge is -2.40. The second-order valence-electron chi connectivity index (χ2n) is 8.36. The average molecular weight is 295 g/mol. The highest BCUT2D eigenvalue weighted by Gasteiger charge is 2.32. The molecule has 0 aromatic carbocycles. The van der Waals surface area contributed by atoms with Crippen molar-refractivity contribution in [1.29, 1.82) is 0 Å². The van der Waals surface area contributed by atoms with Gasteiger partial charge in [-0.05, 0) is 76.8 Å². The normalized spacial score (nSPS) is 36.1. The summed E-state index contributed by atoms with van der Waals surface area (Å²) in [6.07, 6.45) is 8.35. The fourth-order valence-electron chi connectivity index (χ4n) is 4.50. The molecule has 124 valence electrons. The maximum absolute atomic E-state index is 4.09. The molecule has 1 saturated carbocycles. The first kappa shape index (κ1) is 17.3. The van der Waals surface area contributed by atoms with Crippen molar-refractivity contribution in [2.45, 2.75) is 91.3 Å². The van der Waals surface area contributed by atoms with Crippen LogP contribution in [0.3, 0.4) is 0 Å². The molecule has 0 bridgehead atoms. The minimum atomic E-state index is 0.710. The molecule has 0 aromatic heterocycles. The van der Waals surface area contributed by atoms with Gasteiger partial charge in [-0.1, -0.05) is 27.2 Å². The van der Waals surface area contributed by atoms with Crippen molar-refractivity contribution in [1.82, 2.24) is 10.2 Å². The minimum absolute atomic E-state index is 0.710. The van der Waals surface area contributed by atoms with Crippen molar-refractivity contribution in [2.75, 3.05) is 13.1 Å². The molecular weight excluding hydrogens is 256 g/mol. The van der Waals surface area contributed by atoms with Crippen molar-refractivity contribution in [3.8, 4) is 0 Å². The summed E-state index contributed by atoms with van der Waals surface area (Å²) in [6, 6.07) is 2.23. The molecule has 21 heavy (non-hydrogen) atoms.